The number of likely N-dealkylation sites (N-methyl/N-ethyl adjacent to an activating group) is 1. The van der Waals surface area contributed by atoms with Gasteiger partial charge >= 0.3 is 0 Å². The Kier molecular flexibility index (Phi) is 3.74. The van der Waals surface area contributed by atoms with Crippen LogP contribution in [0.1, 0.15) is 33.9 Å². The minimum atomic E-state index is -0.0553. The molecular weight excluding hydrogens is 282 g/mol. The number of aryl methyl sites for hydroxylation is 2. The first kappa shape index (κ1) is 14.8. The summed E-state index contributed by atoms with van der Waals surface area (Å²) in [7, 11) is 3.93. The third-order valence-electron chi connectivity index (χ3n) is 4.36. The highest BCUT2D eigenvalue weighted by molar-refractivity contribution is 5.93. The quantitative estimate of drug-likeness (QED) is 0.832. The maximum Gasteiger partial charge on any atom is 0.270 e. The molecule has 0 radical (unpaired) electrons. The van der Waals surface area contributed by atoms with Gasteiger partial charge in [0.15, 0.2) is 5.82 Å². The second-order valence-electron chi connectivity index (χ2n) is 5.85. The lowest BCUT2D eigenvalue weighted by Crippen LogP contribution is -2.49. The van der Waals surface area contributed by atoms with E-state index in [9.17, 15) is 4.79 Å². The molecular formula is C15H21N5O2. The largest absolute Gasteiger partial charge is 0.344 e. The van der Waals surface area contributed by atoms with Crippen LogP contribution in [0.25, 0.3) is 0 Å². The topological polar surface area (TPSA) is 67.4 Å². The highest BCUT2D eigenvalue weighted by Gasteiger charge is 2.33. The highest BCUT2D eigenvalue weighted by Crippen LogP contribution is 2.24. The van der Waals surface area contributed by atoms with Crippen LogP contribution in [0.3, 0.4) is 0 Å². The zero-order valence-electron chi connectivity index (χ0n) is 13.4. The molecule has 1 aliphatic heterocycles. The monoisotopic (exact) mass is 303 g/mol. The minimum Gasteiger partial charge on any atom is -0.344 e. The van der Waals surface area contributed by atoms with Crippen molar-refractivity contribution in [2.45, 2.75) is 19.9 Å². The average Bonchev–Trinajstić information content (AvgIpc) is 3.06. The van der Waals surface area contributed by atoms with Gasteiger partial charge in [0, 0.05) is 32.4 Å². The maximum absolute atomic E-state index is 12.7. The lowest BCUT2D eigenvalue weighted by Gasteiger charge is -2.37. The molecule has 0 saturated carbocycles. The normalized spacial score (nSPS) is 19.6. The van der Waals surface area contributed by atoms with E-state index in [2.05, 4.69) is 15.0 Å². The summed E-state index contributed by atoms with van der Waals surface area (Å²) in [6, 6.07) is 3.78. The fourth-order valence-electron chi connectivity index (χ4n) is 2.76. The number of amides is 1. The number of carbonyl (C=O) groups is 1. The van der Waals surface area contributed by atoms with Crippen LogP contribution in [0.2, 0.25) is 0 Å². The number of hydrogen-bond acceptors (Lipinski definition) is 5. The summed E-state index contributed by atoms with van der Waals surface area (Å²) >= 11 is 0. The Morgan fingerprint density at radius 1 is 1.27 bits per heavy atom. The van der Waals surface area contributed by atoms with E-state index < -0.39 is 0 Å². The minimum absolute atomic E-state index is 0.0462. The van der Waals surface area contributed by atoms with Crippen molar-refractivity contribution in [2.24, 2.45) is 7.05 Å². The maximum atomic E-state index is 12.7. The SMILES string of the molecule is Cc1noc(C2CN(C(=O)c3ccc(C)n3C)CCN2C)n1. The molecule has 2 aromatic heterocycles. The number of carbonyl (C=O) groups excluding carboxylic acids is 1. The van der Waals surface area contributed by atoms with E-state index in [4.69, 9.17) is 4.52 Å². The lowest BCUT2D eigenvalue weighted by molar-refractivity contribution is 0.0480. The van der Waals surface area contributed by atoms with Gasteiger partial charge in [-0.25, -0.2) is 0 Å². The lowest BCUT2D eigenvalue weighted by atomic mass is 10.1. The van der Waals surface area contributed by atoms with Crippen molar-refractivity contribution in [2.75, 3.05) is 26.7 Å². The van der Waals surface area contributed by atoms with Crippen LogP contribution in [-0.2, 0) is 7.05 Å². The molecule has 0 bridgehead atoms. The smallest absolute Gasteiger partial charge is 0.270 e. The van der Waals surface area contributed by atoms with Crippen molar-refractivity contribution in [3.8, 4) is 0 Å². The highest BCUT2D eigenvalue weighted by atomic mass is 16.5. The van der Waals surface area contributed by atoms with E-state index in [0.717, 1.165) is 12.2 Å². The summed E-state index contributed by atoms with van der Waals surface area (Å²) in [4.78, 5) is 21.1. The standard InChI is InChI=1S/C15H21N5O2/c1-10-5-6-12(19(10)4)15(21)20-8-7-18(3)13(9-20)14-16-11(2)17-22-14/h5-6,13H,7-9H2,1-4H3. The Labute approximate surface area is 129 Å². The Balaban J connectivity index is 1.81. The fourth-order valence-corrected chi connectivity index (χ4v) is 2.76. The van der Waals surface area contributed by atoms with E-state index in [1.807, 2.05) is 42.6 Å². The Morgan fingerprint density at radius 3 is 2.64 bits per heavy atom. The summed E-state index contributed by atoms with van der Waals surface area (Å²) in [5.41, 5.74) is 1.78. The predicted octanol–water partition coefficient (Wildman–Crippen LogP) is 1.15. The van der Waals surface area contributed by atoms with E-state index in [-0.39, 0.29) is 11.9 Å². The van der Waals surface area contributed by atoms with Crippen LogP contribution in [0.4, 0.5) is 0 Å². The molecule has 2 aromatic rings. The van der Waals surface area contributed by atoms with Crippen molar-refractivity contribution in [1.29, 1.82) is 0 Å². The molecule has 0 aromatic carbocycles. The molecule has 1 aliphatic rings. The molecule has 7 nitrogen and oxygen atoms in total. The van der Waals surface area contributed by atoms with Crippen LogP contribution < -0.4 is 0 Å². The van der Waals surface area contributed by atoms with Gasteiger partial charge in [0.05, 0.1) is 0 Å². The van der Waals surface area contributed by atoms with Gasteiger partial charge in [-0.1, -0.05) is 5.16 Å². The number of aromatic nitrogens is 3. The molecule has 1 atom stereocenters. The third kappa shape index (κ3) is 2.52. The van der Waals surface area contributed by atoms with Gasteiger partial charge in [-0.3, -0.25) is 9.69 Å². The van der Waals surface area contributed by atoms with Crippen molar-refractivity contribution < 1.29 is 9.32 Å². The van der Waals surface area contributed by atoms with E-state index in [0.29, 0.717) is 30.5 Å². The van der Waals surface area contributed by atoms with Crippen molar-refractivity contribution in [3.05, 3.63) is 35.2 Å². The van der Waals surface area contributed by atoms with Gasteiger partial charge in [0.2, 0.25) is 5.89 Å². The van der Waals surface area contributed by atoms with Crippen molar-refractivity contribution in [3.63, 3.8) is 0 Å². The average molecular weight is 303 g/mol. The van der Waals surface area contributed by atoms with Gasteiger partial charge in [-0.05, 0) is 33.0 Å². The fraction of sp³-hybridized carbons (Fsp3) is 0.533. The molecule has 3 rings (SSSR count). The Morgan fingerprint density at radius 2 is 2.05 bits per heavy atom. The molecule has 118 valence electrons. The zero-order chi connectivity index (χ0) is 15.9. The molecule has 0 N–H and O–H groups in total. The molecule has 7 heteroatoms. The van der Waals surface area contributed by atoms with Crippen LogP contribution in [-0.4, -0.2) is 57.1 Å². The molecule has 1 fully saturated rings. The second-order valence-corrected chi connectivity index (χ2v) is 5.85. The van der Waals surface area contributed by atoms with Crippen molar-refractivity contribution in [1.82, 2.24) is 24.5 Å². The summed E-state index contributed by atoms with van der Waals surface area (Å²) < 4.78 is 7.21. The van der Waals surface area contributed by atoms with Gasteiger partial charge in [0.1, 0.15) is 11.7 Å². The van der Waals surface area contributed by atoms with Crippen LogP contribution in [0.5, 0.6) is 0 Å². The summed E-state index contributed by atoms with van der Waals surface area (Å²) in [5, 5.41) is 3.85. The molecule has 1 saturated heterocycles. The number of nitrogens with zero attached hydrogens (tertiary/aromatic N) is 5. The van der Waals surface area contributed by atoms with Gasteiger partial charge in [-0.2, -0.15) is 4.98 Å². The van der Waals surface area contributed by atoms with Crippen molar-refractivity contribution >= 4 is 5.91 Å². The molecule has 1 amide bonds. The zero-order valence-corrected chi connectivity index (χ0v) is 13.4. The molecule has 3 heterocycles. The van der Waals surface area contributed by atoms with Crippen LogP contribution in [0, 0.1) is 13.8 Å². The molecule has 22 heavy (non-hydrogen) atoms. The molecule has 1 unspecified atom stereocenters. The summed E-state index contributed by atoms with van der Waals surface area (Å²) in [6.07, 6.45) is 0. The number of rotatable bonds is 2. The number of hydrogen-bond donors (Lipinski definition) is 0. The molecule has 0 spiro atoms. The number of piperazine rings is 1. The Bertz CT molecular complexity index is 690. The third-order valence-corrected chi connectivity index (χ3v) is 4.36. The predicted molar refractivity (Wildman–Crippen MR) is 80.5 cm³/mol. The summed E-state index contributed by atoms with van der Waals surface area (Å²) in [5.74, 6) is 1.23. The first-order valence-corrected chi connectivity index (χ1v) is 7.39. The van der Waals surface area contributed by atoms with Gasteiger partial charge < -0.3 is 14.0 Å². The van der Waals surface area contributed by atoms with Crippen LogP contribution >= 0.6 is 0 Å². The van der Waals surface area contributed by atoms with Gasteiger partial charge in [0.25, 0.3) is 5.91 Å². The second kappa shape index (κ2) is 5.57. The van der Waals surface area contributed by atoms with Gasteiger partial charge in [-0.15, -0.1) is 0 Å². The van der Waals surface area contributed by atoms with E-state index in [1.165, 1.54) is 0 Å². The Hall–Kier alpha value is -2.15. The van der Waals surface area contributed by atoms with E-state index in [1.54, 1.807) is 6.92 Å². The first-order valence-electron chi connectivity index (χ1n) is 7.39. The van der Waals surface area contributed by atoms with Crippen LogP contribution in [0.15, 0.2) is 16.7 Å². The summed E-state index contributed by atoms with van der Waals surface area (Å²) in [6.45, 7) is 5.82. The molecule has 0 aliphatic carbocycles. The first-order chi connectivity index (χ1) is 10.5. The van der Waals surface area contributed by atoms with E-state index >= 15 is 0 Å².